The van der Waals surface area contributed by atoms with Gasteiger partial charge in [0.2, 0.25) is 0 Å². The number of aromatic hydroxyl groups is 1. The van der Waals surface area contributed by atoms with Gasteiger partial charge in [-0.15, -0.1) is 0 Å². The third-order valence-electron chi connectivity index (χ3n) is 3.33. The lowest BCUT2D eigenvalue weighted by Crippen LogP contribution is -2.46. The van der Waals surface area contributed by atoms with Crippen LogP contribution < -0.4 is 10.1 Å². The number of phenolic OH excluding ortho intramolecular Hbond substituents is 1. The highest BCUT2D eigenvalue weighted by atomic mass is 16.5. The summed E-state index contributed by atoms with van der Waals surface area (Å²) in [6, 6.07) is 6.36. The Bertz CT molecular complexity index is 426. The summed E-state index contributed by atoms with van der Waals surface area (Å²) in [5.74, 6) is 0.800. The molecule has 0 fully saturated rings. The number of hydrogen-bond donors (Lipinski definition) is 2. The molecule has 0 aliphatic carbocycles. The van der Waals surface area contributed by atoms with E-state index in [0.717, 1.165) is 38.8 Å². The van der Waals surface area contributed by atoms with Crippen molar-refractivity contribution in [2.45, 2.75) is 52.7 Å². The first-order chi connectivity index (χ1) is 10.6. The summed E-state index contributed by atoms with van der Waals surface area (Å²) in [6.45, 7) is 7.57. The van der Waals surface area contributed by atoms with Crippen molar-refractivity contribution in [3.63, 3.8) is 0 Å². The Labute approximate surface area is 133 Å². The van der Waals surface area contributed by atoms with Crippen LogP contribution in [0.3, 0.4) is 0 Å². The molecule has 1 unspecified atom stereocenters. The maximum atomic E-state index is 12.3. The van der Waals surface area contributed by atoms with Gasteiger partial charge in [0.1, 0.15) is 11.5 Å². The first-order valence-corrected chi connectivity index (χ1v) is 8.08. The number of hydrogen-bond acceptors (Lipinski definition) is 3. The second kappa shape index (κ2) is 9.92. The molecule has 0 radical (unpaired) electrons. The molecule has 0 bridgehead atoms. The predicted octanol–water partition coefficient (Wildman–Crippen LogP) is 3.73. The zero-order valence-corrected chi connectivity index (χ0v) is 13.8. The number of amides is 2. The van der Waals surface area contributed by atoms with E-state index in [1.165, 1.54) is 0 Å². The number of carbonyl (C=O) groups excluding carboxylic acids is 1. The number of rotatable bonds is 9. The second-order valence-corrected chi connectivity index (χ2v) is 5.40. The average Bonchev–Trinajstić information content (AvgIpc) is 2.49. The minimum Gasteiger partial charge on any atom is -0.508 e. The van der Waals surface area contributed by atoms with Crippen LogP contribution >= 0.6 is 0 Å². The minimum absolute atomic E-state index is 0.0896. The molecular formula is C17H28N2O3. The Morgan fingerprint density at radius 3 is 2.23 bits per heavy atom. The quantitative estimate of drug-likeness (QED) is 0.683. The lowest BCUT2D eigenvalue weighted by Gasteiger charge is -2.25. The van der Waals surface area contributed by atoms with Gasteiger partial charge >= 0.3 is 6.03 Å². The van der Waals surface area contributed by atoms with E-state index in [4.69, 9.17) is 4.74 Å². The molecule has 5 heteroatoms. The van der Waals surface area contributed by atoms with Gasteiger partial charge in [0.15, 0.2) is 6.23 Å². The molecular weight excluding hydrogens is 280 g/mol. The summed E-state index contributed by atoms with van der Waals surface area (Å²) in [6.07, 6.45) is 3.71. The van der Waals surface area contributed by atoms with Crippen LogP contribution in [0.15, 0.2) is 24.3 Å². The average molecular weight is 308 g/mol. The normalized spacial score (nSPS) is 11.8. The van der Waals surface area contributed by atoms with Crippen LogP contribution in [0, 0.1) is 0 Å². The molecule has 0 saturated heterocycles. The molecule has 1 aromatic carbocycles. The molecule has 0 aliphatic rings. The molecule has 0 heterocycles. The summed E-state index contributed by atoms with van der Waals surface area (Å²) < 4.78 is 5.63. The molecule has 1 aromatic rings. The minimum atomic E-state index is -0.428. The zero-order valence-electron chi connectivity index (χ0n) is 13.8. The van der Waals surface area contributed by atoms with E-state index >= 15 is 0 Å². The van der Waals surface area contributed by atoms with Crippen molar-refractivity contribution in [2.75, 3.05) is 13.1 Å². The highest BCUT2D eigenvalue weighted by molar-refractivity contribution is 5.74. The van der Waals surface area contributed by atoms with Gasteiger partial charge in [0.05, 0.1) is 0 Å². The van der Waals surface area contributed by atoms with Gasteiger partial charge in [-0.1, -0.05) is 26.7 Å². The summed E-state index contributed by atoms with van der Waals surface area (Å²) in [5, 5.41) is 12.1. The van der Waals surface area contributed by atoms with E-state index in [1.54, 1.807) is 31.2 Å². The number of unbranched alkanes of at least 4 members (excludes halogenated alkanes) is 2. The molecule has 2 amide bonds. The Morgan fingerprint density at radius 2 is 1.73 bits per heavy atom. The highest BCUT2D eigenvalue weighted by Crippen LogP contribution is 2.16. The molecule has 1 rings (SSSR count). The van der Waals surface area contributed by atoms with E-state index in [0.29, 0.717) is 5.75 Å². The molecule has 0 aromatic heterocycles. The molecule has 0 aliphatic heterocycles. The van der Waals surface area contributed by atoms with Gasteiger partial charge in [-0.2, -0.15) is 0 Å². The van der Waals surface area contributed by atoms with Crippen LogP contribution in [0.4, 0.5) is 4.79 Å². The number of ether oxygens (including phenoxy) is 1. The molecule has 1 atom stereocenters. The van der Waals surface area contributed by atoms with Gasteiger partial charge in [-0.3, -0.25) is 0 Å². The second-order valence-electron chi connectivity index (χ2n) is 5.40. The lowest BCUT2D eigenvalue weighted by molar-refractivity contribution is 0.152. The van der Waals surface area contributed by atoms with Crippen LogP contribution in [0.1, 0.15) is 46.5 Å². The van der Waals surface area contributed by atoms with E-state index in [1.807, 2.05) is 4.90 Å². The van der Waals surface area contributed by atoms with Crippen molar-refractivity contribution < 1.29 is 14.6 Å². The van der Waals surface area contributed by atoms with Gasteiger partial charge in [-0.05, 0) is 44.0 Å². The fourth-order valence-corrected chi connectivity index (χ4v) is 2.04. The molecule has 22 heavy (non-hydrogen) atoms. The summed E-state index contributed by atoms with van der Waals surface area (Å²) >= 11 is 0. The number of nitrogens with zero attached hydrogens (tertiary/aromatic N) is 1. The van der Waals surface area contributed by atoms with Crippen molar-refractivity contribution in [3.05, 3.63) is 24.3 Å². The highest BCUT2D eigenvalue weighted by Gasteiger charge is 2.15. The van der Waals surface area contributed by atoms with E-state index < -0.39 is 6.23 Å². The van der Waals surface area contributed by atoms with Crippen LogP contribution in [0.25, 0.3) is 0 Å². The van der Waals surface area contributed by atoms with E-state index in [9.17, 15) is 9.90 Å². The number of benzene rings is 1. The number of carbonyl (C=O) groups is 1. The fraction of sp³-hybridized carbons (Fsp3) is 0.588. The zero-order chi connectivity index (χ0) is 16.4. The van der Waals surface area contributed by atoms with Crippen LogP contribution in [0.5, 0.6) is 11.5 Å². The predicted molar refractivity (Wildman–Crippen MR) is 88.1 cm³/mol. The van der Waals surface area contributed by atoms with E-state index in [2.05, 4.69) is 19.2 Å². The van der Waals surface area contributed by atoms with Gasteiger partial charge in [-0.25, -0.2) is 4.79 Å². The molecule has 124 valence electrons. The third-order valence-corrected chi connectivity index (χ3v) is 3.33. The lowest BCUT2D eigenvalue weighted by atomic mass is 10.3. The van der Waals surface area contributed by atoms with Crippen molar-refractivity contribution >= 4 is 6.03 Å². The van der Waals surface area contributed by atoms with Gasteiger partial charge < -0.3 is 20.1 Å². The monoisotopic (exact) mass is 308 g/mol. The van der Waals surface area contributed by atoms with Crippen molar-refractivity contribution in [1.82, 2.24) is 10.2 Å². The molecule has 0 spiro atoms. The SMILES string of the molecule is CCCCN(CCCC)C(=O)NC(C)Oc1ccc(O)cc1. The maximum Gasteiger partial charge on any atom is 0.320 e. The molecule has 5 nitrogen and oxygen atoms in total. The van der Waals surface area contributed by atoms with Crippen molar-refractivity contribution in [2.24, 2.45) is 0 Å². The number of urea groups is 1. The maximum absolute atomic E-state index is 12.3. The summed E-state index contributed by atoms with van der Waals surface area (Å²) in [4.78, 5) is 14.2. The Kier molecular flexibility index (Phi) is 8.18. The standard InChI is InChI=1S/C17H28N2O3/c1-4-6-12-19(13-7-5-2)17(21)18-14(3)22-16-10-8-15(20)9-11-16/h8-11,14,20H,4-7,12-13H2,1-3H3,(H,18,21). The summed E-state index contributed by atoms with van der Waals surface area (Å²) in [7, 11) is 0. The van der Waals surface area contributed by atoms with Crippen LogP contribution in [-0.4, -0.2) is 35.4 Å². The Balaban J connectivity index is 2.49. The fourth-order valence-electron chi connectivity index (χ4n) is 2.04. The number of phenols is 1. The van der Waals surface area contributed by atoms with Gasteiger partial charge in [0.25, 0.3) is 0 Å². The Hall–Kier alpha value is -1.91. The third kappa shape index (κ3) is 6.70. The van der Waals surface area contributed by atoms with Gasteiger partial charge in [0, 0.05) is 13.1 Å². The van der Waals surface area contributed by atoms with Crippen molar-refractivity contribution in [1.29, 1.82) is 0 Å². The van der Waals surface area contributed by atoms with Crippen molar-refractivity contribution in [3.8, 4) is 11.5 Å². The first kappa shape index (κ1) is 18.1. The summed E-state index contributed by atoms with van der Waals surface area (Å²) in [5.41, 5.74) is 0. The number of nitrogens with one attached hydrogen (secondary N) is 1. The smallest absolute Gasteiger partial charge is 0.320 e. The Morgan fingerprint density at radius 1 is 1.18 bits per heavy atom. The van der Waals surface area contributed by atoms with E-state index in [-0.39, 0.29) is 11.8 Å². The first-order valence-electron chi connectivity index (χ1n) is 8.08. The van der Waals surface area contributed by atoms with Crippen LogP contribution in [0.2, 0.25) is 0 Å². The molecule has 2 N–H and O–H groups in total. The largest absolute Gasteiger partial charge is 0.508 e. The topological polar surface area (TPSA) is 61.8 Å². The molecule has 0 saturated carbocycles. The van der Waals surface area contributed by atoms with Crippen LogP contribution in [-0.2, 0) is 0 Å².